The van der Waals surface area contributed by atoms with Gasteiger partial charge < -0.3 is 20.1 Å². The van der Waals surface area contributed by atoms with E-state index in [4.69, 9.17) is 0 Å². The molecule has 0 aliphatic heterocycles. The predicted molar refractivity (Wildman–Crippen MR) is 146 cm³/mol. The molecule has 0 aliphatic carbocycles. The number of nitrogens with zero attached hydrogens (tertiary/aromatic N) is 4. The number of hydrogen-bond donors (Lipinski definition) is 2. The van der Waals surface area contributed by atoms with E-state index in [2.05, 4.69) is 20.5 Å². The van der Waals surface area contributed by atoms with Crippen molar-refractivity contribution in [2.24, 2.45) is 20.5 Å². The average Bonchev–Trinajstić information content (AvgIpc) is 2.95. The van der Waals surface area contributed by atoms with Crippen LogP contribution in [0.5, 0.6) is 11.5 Å². The van der Waals surface area contributed by atoms with Crippen molar-refractivity contribution in [3.05, 3.63) is 84.4 Å². The molecule has 5 rings (SSSR count). The van der Waals surface area contributed by atoms with Gasteiger partial charge in [0.2, 0.25) is 0 Å². The fourth-order valence-corrected chi connectivity index (χ4v) is 5.18. The van der Waals surface area contributed by atoms with Gasteiger partial charge in [-0.2, -0.15) is 27.1 Å². The van der Waals surface area contributed by atoms with Crippen LogP contribution in [0.3, 0.4) is 0 Å². The van der Waals surface area contributed by atoms with Crippen LogP contribution in [0.1, 0.15) is 10.4 Å². The molecule has 0 atom stereocenters. The Morgan fingerprint density at radius 2 is 1.20 bits per heavy atom. The largest absolute Gasteiger partial charge is 1.00 e. The van der Waals surface area contributed by atoms with Crippen LogP contribution >= 0.6 is 0 Å². The molecule has 19 heteroatoms. The zero-order valence-corrected chi connectivity index (χ0v) is 31.9. The number of carbonyl (C=O) groups is 1. The summed E-state index contributed by atoms with van der Waals surface area (Å²) in [6, 6.07) is 16.9. The van der Waals surface area contributed by atoms with E-state index in [1.165, 1.54) is 24.3 Å². The summed E-state index contributed by atoms with van der Waals surface area (Å²) in [5, 5.41) is 53.7. The fraction of sp³-hybridized carbons (Fsp3) is 0. The van der Waals surface area contributed by atoms with Gasteiger partial charge in [-0.3, -0.25) is 9.11 Å². The Kier molecular flexibility index (Phi) is 13.6. The number of fused-ring (bicyclic) bond motifs is 2. The number of carboxylic acids is 1. The normalized spacial score (nSPS) is 11.7. The number of carboxylic acid groups (broad SMARTS) is 1. The summed E-state index contributed by atoms with van der Waals surface area (Å²) >= 11 is 0. The first-order valence-electron chi connectivity index (χ1n) is 11.8. The molecular weight excluding hydrogens is 673 g/mol. The van der Waals surface area contributed by atoms with Crippen LogP contribution in [0.25, 0.3) is 21.5 Å². The first kappa shape index (κ1) is 39.9. The second kappa shape index (κ2) is 15.7. The summed E-state index contributed by atoms with van der Waals surface area (Å²) in [4.78, 5) is 9.89. The molecule has 0 saturated carbocycles. The summed E-state index contributed by atoms with van der Waals surface area (Å²) in [7, 11) is -9.62. The van der Waals surface area contributed by atoms with Gasteiger partial charge in [-0.15, -0.1) is 10.2 Å². The Morgan fingerprint density at radius 1 is 0.609 bits per heavy atom. The maximum absolute atomic E-state index is 12.5. The maximum atomic E-state index is 12.5. The standard InChI is InChI=1S/C27H18N4O10S2.3Na/c32-24-10-5-14-3-1-2-4-17(14)25(24)31-29-22-9-8-21(18-7-6-15(11-19(18)22)42(36,37)38)28-30-23-13-16(43(39,40)41)12-20(26(23)33)27(34)35;;;/h1-13,32-33H,(H,34,35)(H,36,37,38)(H,39,40,41);;;/q;3*+1/p-3. The molecule has 0 radical (unpaired) electrons. The maximum Gasteiger partial charge on any atom is 1.00 e. The smallest absolute Gasteiger partial charge is 0.871 e. The molecule has 218 valence electrons. The van der Waals surface area contributed by atoms with Crippen molar-refractivity contribution in [2.45, 2.75) is 9.79 Å². The quantitative estimate of drug-likeness (QED) is 0.0935. The van der Waals surface area contributed by atoms with Crippen molar-refractivity contribution in [2.75, 3.05) is 0 Å². The summed E-state index contributed by atoms with van der Waals surface area (Å²) in [6.45, 7) is 0. The number of carbonyl (C=O) groups excluding carboxylic acids is 1. The molecule has 0 unspecified atom stereocenters. The second-order valence-corrected chi connectivity index (χ2v) is 11.7. The Bertz CT molecular complexity index is 2270. The third kappa shape index (κ3) is 8.59. The van der Waals surface area contributed by atoms with E-state index in [0.29, 0.717) is 17.5 Å². The van der Waals surface area contributed by atoms with Crippen LogP contribution in [0, 0.1) is 0 Å². The monoisotopic (exact) mass is 688 g/mol. The van der Waals surface area contributed by atoms with Gasteiger partial charge in [0.1, 0.15) is 0 Å². The molecule has 2 N–H and O–H groups in total. The molecule has 5 aromatic carbocycles. The minimum Gasteiger partial charge on any atom is -0.871 e. The molecule has 14 nitrogen and oxygen atoms in total. The van der Waals surface area contributed by atoms with Crippen LogP contribution in [0.4, 0.5) is 22.7 Å². The van der Waals surface area contributed by atoms with Gasteiger partial charge in [0.15, 0.2) is 0 Å². The molecule has 0 heterocycles. The molecule has 0 bridgehead atoms. The molecule has 46 heavy (non-hydrogen) atoms. The van der Waals surface area contributed by atoms with Gasteiger partial charge in [0.05, 0.1) is 38.5 Å². The van der Waals surface area contributed by atoms with Crippen LogP contribution in [-0.4, -0.2) is 31.9 Å². The van der Waals surface area contributed by atoms with Crippen LogP contribution in [0.2, 0.25) is 0 Å². The van der Waals surface area contributed by atoms with E-state index in [0.717, 1.165) is 17.5 Å². The summed E-state index contributed by atoms with van der Waals surface area (Å²) in [6.07, 6.45) is 0. The number of hydrogen-bond acceptors (Lipinski definition) is 12. The molecule has 0 aliphatic rings. The topological polar surface area (TPSA) is 244 Å². The minimum atomic E-state index is -4.94. The first-order chi connectivity index (χ1) is 20.2. The van der Waals surface area contributed by atoms with E-state index >= 15 is 0 Å². The summed E-state index contributed by atoms with van der Waals surface area (Å²) < 4.78 is 65.8. The van der Waals surface area contributed by atoms with Gasteiger partial charge in [-0.25, -0.2) is 0 Å². The van der Waals surface area contributed by atoms with E-state index < -0.39 is 58.7 Å². The van der Waals surface area contributed by atoms with E-state index in [1.807, 2.05) is 0 Å². The zero-order chi connectivity index (χ0) is 31.1. The SMILES string of the molecule is O=C([O-])c1cc(S(=O)(=O)O)cc(N=Nc2ccc(N=Nc3c([O-])ccc4ccccc34)c3cc(S(=O)(=O)O)ccc23)c1[O-].[Na+].[Na+].[Na+]. The predicted octanol–water partition coefficient (Wildman–Crippen LogP) is -5.16. The van der Waals surface area contributed by atoms with Crippen molar-refractivity contribution in [3.63, 3.8) is 0 Å². The van der Waals surface area contributed by atoms with Gasteiger partial charge in [0.25, 0.3) is 20.2 Å². The molecule has 0 spiro atoms. The summed E-state index contributed by atoms with van der Waals surface area (Å²) in [5.74, 6) is -3.69. The van der Waals surface area contributed by atoms with E-state index in [9.17, 15) is 46.1 Å². The van der Waals surface area contributed by atoms with Gasteiger partial charge in [-0.05, 0) is 47.3 Å². The van der Waals surface area contributed by atoms with E-state index in [1.54, 1.807) is 30.3 Å². The van der Waals surface area contributed by atoms with Gasteiger partial charge in [0, 0.05) is 16.2 Å². The fourth-order valence-electron chi connectivity index (χ4n) is 4.14. The van der Waals surface area contributed by atoms with Crippen LogP contribution < -0.4 is 104 Å². The van der Waals surface area contributed by atoms with Crippen molar-refractivity contribution in [1.29, 1.82) is 0 Å². The van der Waals surface area contributed by atoms with Gasteiger partial charge in [-0.1, -0.05) is 54.0 Å². The summed E-state index contributed by atoms with van der Waals surface area (Å²) in [5.41, 5.74) is -1.82. The second-order valence-electron chi connectivity index (χ2n) is 8.90. The molecule has 5 aromatic rings. The molecule has 0 saturated heterocycles. The minimum absolute atomic E-state index is 0. The Labute approximate surface area is 327 Å². The number of rotatable bonds is 7. The Balaban J connectivity index is 0.00000245. The third-order valence-electron chi connectivity index (χ3n) is 6.19. The van der Waals surface area contributed by atoms with Crippen LogP contribution in [0.15, 0.2) is 109 Å². The number of azo groups is 2. The number of benzene rings is 5. The Morgan fingerprint density at radius 3 is 1.83 bits per heavy atom. The third-order valence-corrected chi connectivity index (χ3v) is 7.87. The molecule has 0 fully saturated rings. The van der Waals surface area contributed by atoms with Crippen LogP contribution in [-0.2, 0) is 20.2 Å². The molecular formula is C27H15N4Na3O10S2. The molecule has 0 aromatic heterocycles. The first-order valence-corrected chi connectivity index (χ1v) is 14.7. The van der Waals surface area contributed by atoms with Crippen molar-refractivity contribution < 1.29 is 135 Å². The zero-order valence-electron chi connectivity index (χ0n) is 24.3. The van der Waals surface area contributed by atoms with Gasteiger partial charge >= 0.3 is 88.7 Å². The van der Waals surface area contributed by atoms with Crippen molar-refractivity contribution in [1.82, 2.24) is 0 Å². The average molecular weight is 689 g/mol. The van der Waals surface area contributed by atoms with Crippen molar-refractivity contribution >= 4 is 70.5 Å². The molecule has 0 amide bonds. The number of aromatic carboxylic acids is 1. The van der Waals surface area contributed by atoms with E-state index in [-0.39, 0.29) is 117 Å². The Hall–Kier alpha value is -2.29. The van der Waals surface area contributed by atoms with Crippen molar-refractivity contribution in [3.8, 4) is 11.5 Å².